The van der Waals surface area contributed by atoms with E-state index in [1.165, 1.54) is 12.8 Å². The lowest BCUT2D eigenvalue weighted by Crippen LogP contribution is -2.55. The molecule has 0 radical (unpaired) electrons. The molecule has 8 heteroatoms. The Morgan fingerprint density at radius 3 is 1.27 bits per heavy atom. The second-order valence-electron chi connectivity index (χ2n) is 16.6. The van der Waals surface area contributed by atoms with Crippen LogP contribution in [-0.2, 0) is 28.6 Å². The number of nitrogens with zero attached hydrogens (tertiary/aromatic N) is 1. The molecule has 0 aliphatic rings. The summed E-state index contributed by atoms with van der Waals surface area (Å²) in [6.45, 7) is 4.37. The maximum Gasteiger partial charge on any atom is 0.306 e. The van der Waals surface area contributed by atoms with Crippen LogP contribution in [0, 0.1) is 0 Å². The van der Waals surface area contributed by atoms with E-state index in [1.807, 2.05) is 0 Å². The summed E-state index contributed by atoms with van der Waals surface area (Å²) in [7, 11) is 5.38. The highest BCUT2D eigenvalue weighted by molar-refractivity contribution is 5.70. The van der Waals surface area contributed by atoms with E-state index >= 15 is 0 Å². The molecule has 0 N–H and O–H groups in total. The van der Waals surface area contributed by atoms with E-state index < -0.39 is 18.1 Å². The normalized spacial score (nSPS) is 13.9. The number of quaternary nitrogens is 1. The summed E-state index contributed by atoms with van der Waals surface area (Å²) in [5.41, 5.74) is 0. The van der Waals surface area contributed by atoms with Gasteiger partial charge in [-0.3, -0.25) is 9.59 Å². The molecule has 0 spiro atoms. The van der Waals surface area contributed by atoms with Gasteiger partial charge in [-0.15, -0.1) is 0 Å². The molecule has 62 heavy (non-hydrogen) atoms. The predicted molar refractivity (Wildman–Crippen MR) is 258 cm³/mol. The lowest BCUT2D eigenvalue weighted by Gasteiger charge is -2.34. The fourth-order valence-electron chi connectivity index (χ4n) is 6.26. The van der Waals surface area contributed by atoms with E-state index in [9.17, 15) is 19.5 Å². The Labute approximate surface area is 378 Å². The van der Waals surface area contributed by atoms with Gasteiger partial charge in [-0.25, -0.2) is 0 Å². The minimum absolute atomic E-state index is 0.0163. The van der Waals surface area contributed by atoms with Crippen LogP contribution < -0.4 is 5.11 Å². The summed E-state index contributed by atoms with van der Waals surface area (Å²) in [5.74, 6) is -1.81. The molecule has 0 fully saturated rings. The number of carboxylic acids is 1. The van der Waals surface area contributed by atoms with Gasteiger partial charge in [0.1, 0.15) is 12.6 Å². The van der Waals surface area contributed by atoms with Crippen molar-refractivity contribution >= 4 is 17.9 Å². The Kier molecular flexibility index (Phi) is 40.8. The van der Waals surface area contributed by atoms with Crippen LogP contribution in [0.1, 0.15) is 162 Å². The number of hydrogen-bond acceptors (Lipinski definition) is 7. The zero-order chi connectivity index (χ0) is 45.6. The third-order valence-corrected chi connectivity index (χ3v) is 9.90. The van der Waals surface area contributed by atoms with Crippen LogP contribution in [0.25, 0.3) is 0 Å². The number of unbranched alkanes of at least 4 members (excludes halogenated alkanes) is 9. The quantitative estimate of drug-likeness (QED) is 0.0261. The van der Waals surface area contributed by atoms with Crippen molar-refractivity contribution in [3.05, 3.63) is 109 Å². The Morgan fingerprint density at radius 1 is 0.484 bits per heavy atom. The van der Waals surface area contributed by atoms with Crippen molar-refractivity contribution in [2.45, 2.75) is 174 Å². The van der Waals surface area contributed by atoms with E-state index in [4.69, 9.17) is 14.2 Å². The van der Waals surface area contributed by atoms with Crippen molar-refractivity contribution in [3.63, 3.8) is 0 Å². The van der Waals surface area contributed by atoms with Crippen molar-refractivity contribution in [1.82, 2.24) is 0 Å². The number of allylic oxidation sites excluding steroid dienone is 18. The summed E-state index contributed by atoms with van der Waals surface area (Å²) in [4.78, 5) is 37.0. The lowest BCUT2D eigenvalue weighted by molar-refractivity contribution is -0.889. The van der Waals surface area contributed by atoms with Crippen LogP contribution in [0.4, 0.5) is 0 Å². The summed E-state index contributed by atoms with van der Waals surface area (Å²) in [6, 6.07) is -0.741. The van der Waals surface area contributed by atoms with Crippen molar-refractivity contribution in [1.29, 1.82) is 0 Å². The molecule has 0 saturated carbocycles. The Morgan fingerprint density at radius 2 is 0.855 bits per heavy atom. The van der Waals surface area contributed by atoms with E-state index in [0.717, 1.165) is 116 Å². The zero-order valence-corrected chi connectivity index (χ0v) is 39.7. The van der Waals surface area contributed by atoms with Gasteiger partial charge in [0.2, 0.25) is 0 Å². The molecule has 2 unspecified atom stereocenters. The van der Waals surface area contributed by atoms with E-state index in [1.54, 1.807) is 21.1 Å². The van der Waals surface area contributed by atoms with Crippen LogP contribution in [0.3, 0.4) is 0 Å². The largest absolute Gasteiger partial charge is 0.544 e. The summed E-state index contributed by atoms with van der Waals surface area (Å²) < 4.78 is 17.2. The number of aliphatic carboxylic acids is 1. The van der Waals surface area contributed by atoms with Crippen molar-refractivity contribution in [2.24, 2.45) is 0 Å². The second kappa shape index (κ2) is 43.6. The highest BCUT2D eigenvalue weighted by Gasteiger charge is 2.25. The average Bonchev–Trinajstić information content (AvgIpc) is 3.23. The zero-order valence-electron chi connectivity index (χ0n) is 39.7. The molecule has 350 valence electrons. The number of rotatable bonds is 41. The standard InChI is InChI=1S/C54H87NO7/c1-6-8-10-12-14-16-18-20-22-24-26-28-30-32-34-36-38-40-42-44-52(56)61-49-50(48-60-47-46-51(54(58)59)55(3,4)5)62-53(57)45-43-41-39-37-35-33-31-29-27-25-23-21-19-17-15-13-11-9-7-2/h8-11,14-17,20-23,26-29,32,34,50-51H,6-7,12-13,18-19,24-25,30-31,33,35-49H2,1-5H3/b10-8+,11-9+,16-14+,17-15+,22-20+,23-21+,28-26+,29-27+,34-32+. The third kappa shape index (κ3) is 41.3. The molecule has 0 aromatic rings. The number of carbonyl (C=O) groups excluding carboxylic acids is 3. The molecule has 0 amide bonds. The first kappa shape index (κ1) is 58.0. The molecule has 0 rings (SSSR count). The maximum atomic E-state index is 12.8. The molecule has 0 saturated heterocycles. The average molecular weight is 862 g/mol. The summed E-state index contributed by atoms with van der Waals surface area (Å²) in [5, 5.41) is 11.7. The molecular weight excluding hydrogens is 775 g/mol. The number of esters is 2. The molecule has 0 bridgehead atoms. The minimum atomic E-state index is -1.14. The summed E-state index contributed by atoms with van der Waals surface area (Å²) in [6.07, 6.45) is 59.7. The van der Waals surface area contributed by atoms with E-state index in [0.29, 0.717) is 12.8 Å². The van der Waals surface area contributed by atoms with Crippen LogP contribution in [0.5, 0.6) is 0 Å². The van der Waals surface area contributed by atoms with Crippen LogP contribution >= 0.6 is 0 Å². The van der Waals surface area contributed by atoms with Crippen molar-refractivity contribution in [3.8, 4) is 0 Å². The van der Waals surface area contributed by atoms with E-state index in [-0.39, 0.29) is 42.7 Å². The lowest BCUT2D eigenvalue weighted by atomic mass is 10.1. The molecule has 2 atom stereocenters. The first-order chi connectivity index (χ1) is 30.1. The van der Waals surface area contributed by atoms with Gasteiger partial charge in [-0.05, 0) is 96.3 Å². The molecular formula is C54H87NO7. The molecule has 0 heterocycles. The van der Waals surface area contributed by atoms with Crippen LogP contribution in [-0.4, -0.2) is 75.5 Å². The third-order valence-electron chi connectivity index (χ3n) is 9.90. The van der Waals surface area contributed by atoms with Crippen LogP contribution in [0.15, 0.2) is 109 Å². The maximum absolute atomic E-state index is 12.8. The van der Waals surface area contributed by atoms with Crippen molar-refractivity contribution in [2.75, 3.05) is 41.0 Å². The van der Waals surface area contributed by atoms with Gasteiger partial charge in [-0.2, -0.15) is 0 Å². The van der Waals surface area contributed by atoms with Crippen LogP contribution in [0.2, 0.25) is 0 Å². The fraction of sp³-hybridized carbons (Fsp3) is 0.611. The SMILES string of the molecule is CC/C=C/C/C=C/C/C=C/C/C=C/C/C=C/CCCCCC(=O)OCC(COCCC(C(=O)[O-])[N+](C)(C)C)OC(=O)CCCCCCCC/C=C/C/C=C/C/C=C/C/C=C/CC. The summed E-state index contributed by atoms with van der Waals surface area (Å²) >= 11 is 0. The van der Waals surface area contributed by atoms with Gasteiger partial charge in [0.15, 0.2) is 6.10 Å². The van der Waals surface area contributed by atoms with E-state index in [2.05, 4.69) is 123 Å². The molecule has 0 aliphatic heterocycles. The molecule has 8 nitrogen and oxygen atoms in total. The van der Waals surface area contributed by atoms with Crippen molar-refractivity contribution < 1.29 is 38.2 Å². The van der Waals surface area contributed by atoms with Gasteiger partial charge in [0.05, 0.1) is 40.3 Å². The Hall–Kier alpha value is -4.01. The van der Waals surface area contributed by atoms with Gasteiger partial charge in [-0.1, -0.05) is 155 Å². The monoisotopic (exact) mass is 862 g/mol. The molecule has 0 aliphatic carbocycles. The molecule has 0 aromatic heterocycles. The Bertz CT molecular complexity index is 1370. The second-order valence-corrected chi connectivity index (χ2v) is 16.6. The highest BCUT2D eigenvalue weighted by atomic mass is 16.6. The van der Waals surface area contributed by atoms with Gasteiger partial charge >= 0.3 is 11.9 Å². The molecule has 0 aromatic carbocycles. The highest BCUT2D eigenvalue weighted by Crippen LogP contribution is 2.12. The van der Waals surface area contributed by atoms with Gasteiger partial charge in [0.25, 0.3) is 0 Å². The fourth-order valence-corrected chi connectivity index (χ4v) is 6.26. The Balaban J connectivity index is 4.41. The first-order valence-corrected chi connectivity index (χ1v) is 23.9. The number of ether oxygens (including phenoxy) is 3. The number of likely N-dealkylation sites (N-methyl/N-ethyl adjacent to an activating group) is 1. The van der Waals surface area contributed by atoms with Gasteiger partial charge in [0, 0.05) is 19.3 Å². The first-order valence-electron chi connectivity index (χ1n) is 23.9. The topological polar surface area (TPSA) is 102 Å². The predicted octanol–water partition coefficient (Wildman–Crippen LogP) is 12.3. The number of carboxylic acid groups (broad SMARTS) is 1. The number of carbonyl (C=O) groups is 3. The van der Waals surface area contributed by atoms with Gasteiger partial charge < -0.3 is 28.6 Å². The number of hydrogen-bond donors (Lipinski definition) is 0. The minimum Gasteiger partial charge on any atom is -0.544 e. The smallest absolute Gasteiger partial charge is 0.306 e.